The SMILES string of the molecule is C1=c2nnn(Cc3ccc4ncccc4c3)c2=NC(c2cnn(CCOC3CCCCO3)c2)C1. The first-order valence-corrected chi connectivity index (χ1v) is 11.9. The zero-order valence-electron chi connectivity index (χ0n) is 19.0. The Balaban J connectivity index is 1.16. The van der Waals surface area contributed by atoms with E-state index in [1.54, 1.807) is 0 Å². The number of hydrogen-bond donors (Lipinski definition) is 0. The van der Waals surface area contributed by atoms with E-state index >= 15 is 0 Å². The van der Waals surface area contributed by atoms with Gasteiger partial charge in [0.25, 0.3) is 0 Å². The van der Waals surface area contributed by atoms with Crippen molar-refractivity contribution in [2.45, 2.75) is 51.1 Å². The lowest BCUT2D eigenvalue weighted by molar-refractivity contribution is -0.163. The molecule has 34 heavy (non-hydrogen) atoms. The summed E-state index contributed by atoms with van der Waals surface area (Å²) in [6.07, 6.45) is 11.9. The third kappa shape index (κ3) is 4.49. The fourth-order valence-electron chi connectivity index (χ4n) is 4.52. The number of hydrogen-bond acceptors (Lipinski definition) is 7. The maximum absolute atomic E-state index is 5.84. The zero-order chi connectivity index (χ0) is 22.7. The lowest BCUT2D eigenvalue weighted by atomic mass is 10.1. The number of benzene rings is 1. The molecule has 2 atom stereocenters. The number of fused-ring (bicyclic) bond motifs is 2. The quantitative estimate of drug-likeness (QED) is 0.422. The molecule has 0 radical (unpaired) electrons. The third-order valence-corrected chi connectivity index (χ3v) is 6.35. The van der Waals surface area contributed by atoms with Crippen molar-refractivity contribution in [2.24, 2.45) is 4.99 Å². The fraction of sp³-hybridized carbons (Fsp3) is 0.400. The molecule has 9 heteroatoms. The predicted octanol–water partition coefficient (Wildman–Crippen LogP) is 2.16. The van der Waals surface area contributed by atoms with E-state index in [2.05, 4.69) is 50.9 Å². The first-order valence-electron chi connectivity index (χ1n) is 11.9. The van der Waals surface area contributed by atoms with Crippen LogP contribution in [0, 0.1) is 0 Å². The molecular formula is C25H27N7O2. The average molecular weight is 458 g/mol. The van der Waals surface area contributed by atoms with Crippen LogP contribution < -0.4 is 10.8 Å². The molecule has 2 aliphatic rings. The predicted molar refractivity (Wildman–Crippen MR) is 125 cm³/mol. The molecule has 3 aromatic heterocycles. The third-order valence-electron chi connectivity index (χ3n) is 6.35. The van der Waals surface area contributed by atoms with Crippen molar-refractivity contribution in [1.29, 1.82) is 0 Å². The minimum absolute atomic E-state index is 0.00176. The molecular weight excluding hydrogens is 430 g/mol. The molecule has 2 aliphatic heterocycles. The number of pyridine rings is 1. The number of ether oxygens (including phenoxy) is 2. The van der Waals surface area contributed by atoms with Gasteiger partial charge in [-0.05, 0) is 49.4 Å². The van der Waals surface area contributed by atoms with Crippen LogP contribution in [-0.2, 0) is 22.6 Å². The summed E-state index contributed by atoms with van der Waals surface area (Å²) in [5.74, 6) is 0. The lowest BCUT2D eigenvalue weighted by Crippen LogP contribution is -2.34. The monoisotopic (exact) mass is 457 g/mol. The molecule has 6 rings (SSSR count). The van der Waals surface area contributed by atoms with Crippen LogP contribution in [-0.4, -0.2) is 49.3 Å². The summed E-state index contributed by atoms with van der Waals surface area (Å²) in [6.45, 7) is 2.68. The van der Waals surface area contributed by atoms with Gasteiger partial charge in [0.1, 0.15) is 5.35 Å². The van der Waals surface area contributed by atoms with Crippen molar-refractivity contribution in [3.63, 3.8) is 0 Å². The fourth-order valence-corrected chi connectivity index (χ4v) is 4.52. The lowest BCUT2D eigenvalue weighted by Gasteiger charge is -2.22. The molecule has 0 aliphatic carbocycles. The highest BCUT2D eigenvalue weighted by Crippen LogP contribution is 2.22. The van der Waals surface area contributed by atoms with Crippen LogP contribution in [0.1, 0.15) is 42.9 Å². The Morgan fingerprint density at radius 1 is 1.18 bits per heavy atom. The number of nitrogens with zero attached hydrogens (tertiary/aromatic N) is 7. The molecule has 0 saturated carbocycles. The Bertz CT molecular complexity index is 1400. The van der Waals surface area contributed by atoms with Gasteiger partial charge in [-0.3, -0.25) is 14.7 Å². The molecule has 0 N–H and O–H groups in total. The smallest absolute Gasteiger partial charge is 0.174 e. The van der Waals surface area contributed by atoms with Gasteiger partial charge in [0.15, 0.2) is 11.8 Å². The first kappa shape index (κ1) is 21.1. The highest BCUT2D eigenvalue weighted by Gasteiger charge is 2.18. The molecule has 2 unspecified atom stereocenters. The van der Waals surface area contributed by atoms with Gasteiger partial charge in [0.2, 0.25) is 0 Å². The minimum Gasteiger partial charge on any atom is -0.353 e. The molecule has 4 aromatic rings. The summed E-state index contributed by atoms with van der Waals surface area (Å²) in [4.78, 5) is 9.39. The van der Waals surface area contributed by atoms with Gasteiger partial charge in [-0.2, -0.15) is 5.10 Å². The van der Waals surface area contributed by atoms with Gasteiger partial charge < -0.3 is 9.47 Å². The number of rotatable bonds is 7. The van der Waals surface area contributed by atoms with Crippen LogP contribution in [0.25, 0.3) is 17.0 Å². The van der Waals surface area contributed by atoms with E-state index in [9.17, 15) is 0 Å². The Kier molecular flexibility index (Phi) is 5.86. The summed E-state index contributed by atoms with van der Waals surface area (Å²) in [5.41, 5.74) is 4.02. The molecule has 1 fully saturated rings. The summed E-state index contributed by atoms with van der Waals surface area (Å²) < 4.78 is 15.3. The minimum atomic E-state index is -0.0724. The van der Waals surface area contributed by atoms with E-state index in [0.717, 1.165) is 58.7 Å². The summed E-state index contributed by atoms with van der Waals surface area (Å²) in [6, 6.07) is 10.3. The van der Waals surface area contributed by atoms with Crippen LogP contribution in [0.15, 0.2) is 53.9 Å². The Hall–Kier alpha value is -3.43. The van der Waals surface area contributed by atoms with E-state index in [0.29, 0.717) is 19.7 Å². The highest BCUT2D eigenvalue weighted by atomic mass is 16.7. The van der Waals surface area contributed by atoms with E-state index in [1.165, 1.54) is 6.42 Å². The normalized spacial score (nSPS) is 20.0. The molecule has 174 valence electrons. The van der Waals surface area contributed by atoms with Gasteiger partial charge in [0, 0.05) is 30.0 Å². The van der Waals surface area contributed by atoms with Crippen LogP contribution in [0.4, 0.5) is 0 Å². The van der Waals surface area contributed by atoms with E-state index < -0.39 is 0 Å². The highest BCUT2D eigenvalue weighted by molar-refractivity contribution is 5.78. The van der Waals surface area contributed by atoms with Gasteiger partial charge in [0.05, 0.1) is 37.5 Å². The topological polar surface area (TPSA) is 92.2 Å². The second-order valence-corrected chi connectivity index (χ2v) is 8.77. The van der Waals surface area contributed by atoms with E-state index in [4.69, 9.17) is 14.5 Å². The van der Waals surface area contributed by atoms with Gasteiger partial charge >= 0.3 is 0 Å². The largest absolute Gasteiger partial charge is 0.353 e. The summed E-state index contributed by atoms with van der Waals surface area (Å²) >= 11 is 0. The van der Waals surface area contributed by atoms with Crippen molar-refractivity contribution in [3.05, 3.63) is 70.9 Å². The van der Waals surface area contributed by atoms with Crippen LogP contribution in [0.3, 0.4) is 0 Å². The Labute approximate surface area is 196 Å². The van der Waals surface area contributed by atoms with Gasteiger partial charge in [-0.25, -0.2) is 4.68 Å². The average Bonchev–Trinajstić information content (AvgIpc) is 3.52. The number of aromatic nitrogens is 6. The first-order chi connectivity index (χ1) is 16.8. The van der Waals surface area contributed by atoms with Crippen LogP contribution in [0.5, 0.6) is 0 Å². The summed E-state index contributed by atoms with van der Waals surface area (Å²) in [7, 11) is 0. The Morgan fingerprint density at radius 3 is 3.12 bits per heavy atom. The summed E-state index contributed by atoms with van der Waals surface area (Å²) in [5, 5.41) is 15.2. The van der Waals surface area contributed by atoms with E-state index in [1.807, 2.05) is 33.9 Å². The van der Waals surface area contributed by atoms with Crippen molar-refractivity contribution in [1.82, 2.24) is 29.8 Å². The second-order valence-electron chi connectivity index (χ2n) is 8.77. The standard InChI is InChI=1S/C25H27N7O2/c1-2-12-33-24(5-1)34-13-11-31-17-20(15-27-31)22-8-9-23-25(28-22)32(30-29-23)16-18-6-7-21-19(14-18)4-3-10-26-21/h3-4,6-7,9-10,14-15,17,22,24H,1-2,5,8,11-13,16H2. The maximum atomic E-state index is 5.84. The van der Waals surface area contributed by atoms with Gasteiger partial charge in [-0.15, -0.1) is 5.10 Å². The molecule has 1 saturated heterocycles. The van der Waals surface area contributed by atoms with E-state index in [-0.39, 0.29) is 12.3 Å². The zero-order valence-corrected chi connectivity index (χ0v) is 19.0. The van der Waals surface area contributed by atoms with Crippen molar-refractivity contribution >= 4 is 17.0 Å². The molecule has 9 nitrogen and oxygen atoms in total. The Morgan fingerprint density at radius 2 is 2.18 bits per heavy atom. The molecule has 0 spiro atoms. The molecule has 0 amide bonds. The second kappa shape index (κ2) is 9.44. The molecule has 5 heterocycles. The van der Waals surface area contributed by atoms with Crippen molar-refractivity contribution < 1.29 is 9.47 Å². The molecule has 0 bridgehead atoms. The van der Waals surface area contributed by atoms with Crippen molar-refractivity contribution in [2.75, 3.05) is 13.2 Å². The molecule has 1 aromatic carbocycles. The van der Waals surface area contributed by atoms with Crippen LogP contribution in [0.2, 0.25) is 0 Å². The maximum Gasteiger partial charge on any atom is 0.174 e. The van der Waals surface area contributed by atoms with Gasteiger partial charge in [-0.1, -0.05) is 23.4 Å². The van der Waals surface area contributed by atoms with Crippen LogP contribution >= 0.6 is 0 Å². The van der Waals surface area contributed by atoms with Crippen molar-refractivity contribution in [3.8, 4) is 0 Å².